The second-order valence-corrected chi connectivity index (χ2v) is 5.39. The number of halogens is 3. The number of aryl methyl sites for hydroxylation is 2. The van der Waals surface area contributed by atoms with Gasteiger partial charge in [-0.3, -0.25) is 4.57 Å². The van der Waals surface area contributed by atoms with Gasteiger partial charge < -0.3 is 0 Å². The lowest BCUT2D eigenvalue weighted by Gasteiger charge is -2.09. The van der Waals surface area contributed by atoms with Crippen LogP contribution in [0.3, 0.4) is 0 Å². The van der Waals surface area contributed by atoms with Gasteiger partial charge in [0.15, 0.2) is 5.65 Å². The summed E-state index contributed by atoms with van der Waals surface area (Å²) in [6.45, 7) is 2.00. The predicted molar refractivity (Wildman–Crippen MR) is 81.7 cm³/mol. The first-order chi connectivity index (χ1) is 10.1. The number of nitrogens with zero attached hydrogens (tertiary/aromatic N) is 4. The smallest absolute Gasteiger partial charge is 0.163 e. The van der Waals surface area contributed by atoms with Gasteiger partial charge in [0.2, 0.25) is 0 Å². The second kappa shape index (κ2) is 5.31. The Morgan fingerprint density at radius 2 is 2.10 bits per heavy atom. The fraction of sp³-hybridized carbons (Fsp3) is 0.286. The molecule has 110 valence electrons. The lowest BCUT2D eigenvalue weighted by atomic mass is 10.3. The zero-order valence-electron chi connectivity index (χ0n) is 11.6. The van der Waals surface area contributed by atoms with Crippen LogP contribution in [0.1, 0.15) is 18.4 Å². The first-order valence-corrected chi connectivity index (χ1v) is 7.42. The highest BCUT2D eigenvalue weighted by molar-refractivity contribution is 6.30. The van der Waals surface area contributed by atoms with Gasteiger partial charge in [0.1, 0.15) is 17.2 Å². The van der Waals surface area contributed by atoms with Crippen molar-refractivity contribution in [1.29, 1.82) is 0 Å². The van der Waals surface area contributed by atoms with Crippen LogP contribution < -0.4 is 0 Å². The Morgan fingerprint density at radius 1 is 1.33 bits per heavy atom. The molecule has 0 fully saturated rings. The Balaban J connectivity index is 2.37. The van der Waals surface area contributed by atoms with Crippen LogP contribution in [0.2, 0.25) is 5.02 Å². The monoisotopic (exact) mass is 326 g/mol. The van der Waals surface area contributed by atoms with Crippen molar-refractivity contribution in [3.05, 3.63) is 40.6 Å². The minimum Gasteiger partial charge on any atom is -0.277 e. The topological polar surface area (TPSA) is 35.6 Å². The highest BCUT2D eigenvalue weighted by Gasteiger charge is 2.20. The van der Waals surface area contributed by atoms with Crippen molar-refractivity contribution in [2.75, 3.05) is 0 Å². The molecule has 0 saturated heterocycles. The van der Waals surface area contributed by atoms with Crippen LogP contribution >= 0.6 is 23.2 Å². The molecule has 0 radical (unpaired) electrons. The third kappa shape index (κ3) is 2.21. The van der Waals surface area contributed by atoms with Crippen LogP contribution in [0, 0.1) is 5.82 Å². The minimum atomic E-state index is -0.424. The molecule has 3 rings (SSSR count). The zero-order valence-corrected chi connectivity index (χ0v) is 13.1. The average Bonchev–Trinajstić information content (AvgIpc) is 2.97. The molecule has 0 unspecified atom stereocenters. The molecule has 0 N–H and O–H groups in total. The Hall–Kier alpha value is -1.59. The van der Waals surface area contributed by atoms with Gasteiger partial charge in [-0.25, -0.2) is 14.1 Å². The van der Waals surface area contributed by atoms with E-state index >= 15 is 0 Å². The van der Waals surface area contributed by atoms with Gasteiger partial charge in [0.05, 0.1) is 17.3 Å². The fourth-order valence-electron chi connectivity index (χ4n) is 2.47. The summed E-state index contributed by atoms with van der Waals surface area (Å²) in [6, 6.07) is 4.53. The first kappa shape index (κ1) is 14.4. The summed E-state index contributed by atoms with van der Waals surface area (Å²) in [5, 5.41) is 4.77. The van der Waals surface area contributed by atoms with Gasteiger partial charge in [-0.1, -0.05) is 18.5 Å². The number of alkyl halides is 1. The van der Waals surface area contributed by atoms with Crippen molar-refractivity contribution in [2.45, 2.75) is 19.2 Å². The Kier molecular flexibility index (Phi) is 3.63. The molecule has 0 amide bonds. The Bertz CT molecular complexity index is 822. The molecule has 0 aliphatic rings. The maximum Gasteiger partial charge on any atom is 0.163 e. The lowest BCUT2D eigenvalue weighted by molar-refractivity contribution is 0.615. The lowest BCUT2D eigenvalue weighted by Crippen LogP contribution is -2.06. The van der Waals surface area contributed by atoms with E-state index in [9.17, 15) is 4.39 Å². The number of hydrogen-bond donors (Lipinski definition) is 0. The van der Waals surface area contributed by atoms with Crippen molar-refractivity contribution < 1.29 is 4.39 Å². The molecule has 21 heavy (non-hydrogen) atoms. The summed E-state index contributed by atoms with van der Waals surface area (Å²) in [5.74, 6) is 0.336. The quantitative estimate of drug-likeness (QED) is 0.685. The Labute approximate surface area is 131 Å². The van der Waals surface area contributed by atoms with Gasteiger partial charge >= 0.3 is 0 Å². The number of rotatable bonds is 3. The normalized spacial score (nSPS) is 11.5. The number of benzene rings is 1. The standard InChI is InChI=1S/C14H13Cl2FN4/c1-3-10-13-14(20(2)19-10)21(12(7-15)18-13)11-5-4-8(16)6-9(11)17/h4-6H,3,7H2,1-2H3. The molecule has 7 heteroatoms. The average molecular weight is 327 g/mol. The zero-order chi connectivity index (χ0) is 15.1. The Morgan fingerprint density at radius 3 is 2.71 bits per heavy atom. The molecule has 2 aromatic heterocycles. The maximum absolute atomic E-state index is 14.3. The summed E-state index contributed by atoms with van der Waals surface area (Å²) in [5.41, 5.74) is 2.71. The number of hydrogen-bond acceptors (Lipinski definition) is 2. The van der Waals surface area contributed by atoms with E-state index in [0.717, 1.165) is 23.3 Å². The molecule has 2 heterocycles. The molecule has 0 saturated carbocycles. The summed E-state index contributed by atoms with van der Waals surface area (Å²) < 4.78 is 17.7. The summed E-state index contributed by atoms with van der Waals surface area (Å²) in [6.07, 6.45) is 0.749. The van der Waals surface area contributed by atoms with E-state index in [4.69, 9.17) is 23.2 Å². The minimum absolute atomic E-state index is 0.180. The fourth-order valence-corrected chi connectivity index (χ4v) is 2.81. The van der Waals surface area contributed by atoms with E-state index in [1.807, 2.05) is 14.0 Å². The molecule has 4 nitrogen and oxygen atoms in total. The van der Waals surface area contributed by atoms with E-state index in [0.29, 0.717) is 16.5 Å². The van der Waals surface area contributed by atoms with E-state index in [-0.39, 0.29) is 5.88 Å². The molecular weight excluding hydrogens is 314 g/mol. The summed E-state index contributed by atoms with van der Waals surface area (Å²) in [4.78, 5) is 4.51. The van der Waals surface area contributed by atoms with Crippen LogP contribution in [0.4, 0.5) is 4.39 Å². The van der Waals surface area contributed by atoms with Crippen molar-refractivity contribution in [3.8, 4) is 5.69 Å². The molecule has 3 aromatic rings. The third-order valence-electron chi connectivity index (χ3n) is 3.38. The van der Waals surface area contributed by atoms with Gasteiger partial charge in [0, 0.05) is 12.1 Å². The highest BCUT2D eigenvalue weighted by Crippen LogP contribution is 2.27. The maximum atomic E-state index is 14.3. The van der Waals surface area contributed by atoms with Crippen LogP contribution in [0.5, 0.6) is 0 Å². The van der Waals surface area contributed by atoms with E-state index in [2.05, 4.69) is 10.1 Å². The van der Waals surface area contributed by atoms with Crippen LogP contribution in [0.15, 0.2) is 18.2 Å². The van der Waals surface area contributed by atoms with Crippen molar-refractivity contribution >= 4 is 34.4 Å². The first-order valence-electron chi connectivity index (χ1n) is 6.51. The summed E-state index contributed by atoms with van der Waals surface area (Å²) in [7, 11) is 1.81. The van der Waals surface area contributed by atoms with E-state index in [1.54, 1.807) is 21.4 Å². The van der Waals surface area contributed by atoms with E-state index < -0.39 is 5.82 Å². The highest BCUT2D eigenvalue weighted by atomic mass is 35.5. The van der Waals surface area contributed by atoms with Crippen LogP contribution in [-0.4, -0.2) is 19.3 Å². The molecule has 0 bridgehead atoms. The van der Waals surface area contributed by atoms with Crippen LogP contribution in [-0.2, 0) is 19.3 Å². The number of fused-ring (bicyclic) bond motifs is 1. The SMILES string of the molecule is CCc1nn(C)c2c1nc(CCl)n2-c1ccc(Cl)cc1F. The number of aromatic nitrogens is 4. The largest absolute Gasteiger partial charge is 0.277 e. The molecular formula is C14H13Cl2FN4. The van der Waals surface area contributed by atoms with Gasteiger partial charge in [-0.15, -0.1) is 11.6 Å². The van der Waals surface area contributed by atoms with Gasteiger partial charge in [-0.05, 0) is 24.6 Å². The van der Waals surface area contributed by atoms with Crippen molar-refractivity contribution in [3.63, 3.8) is 0 Å². The predicted octanol–water partition coefficient (Wildman–Crippen LogP) is 3.85. The molecule has 1 aromatic carbocycles. The molecule has 0 aliphatic carbocycles. The van der Waals surface area contributed by atoms with Gasteiger partial charge in [-0.2, -0.15) is 5.10 Å². The van der Waals surface area contributed by atoms with Crippen LogP contribution in [0.25, 0.3) is 16.9 Å². The van der Waals surface area contributed by atoms with Crippen molar-refractivity contribution in [1.82, 2.24) is 19.3 Å². The number of imidazole rings is 1. The molecule has 0 atom stereocenters. The second-order valence-electron chi connectivity index (χ2n) is 4.69. The van der Waals surface area contributed by atoms with Crippen molar-refractivity contribution in [2.24, 2.45) is 7.05 Å². The molecule has 0 spiro atoms. The molecule has 0 aliphatic heterocycles. The van der Waals surface area contributed by atoms with Gasteiger partial charge in [0.25, 0.3) is 0 Å². The van der Waals surface area contributed by atoms with E-state index in [1.165, 1.54) is 6.07 Å². The third-order valence-corrected chi connectivity index (χ3v) is 3.85. The summed E-state index contributed by atoms with van der Waals surface area (Å²) >= 11 is 11.8.